The van der Waals surface area contributed by atoms with Crippen molar-refractivity contribution >= 4 is 39.4 Å². The summed E-state index contributed by atoms with van der Waals surface area (Å²) >= 11 is 0. The molecule has 0 aromatic carbocycles. The van der Waals surface area contributed by atoms with Crippen molar-refractivity contribution in [3.05, 3.63) is 12.7 Å². The first-order valence-electron chi connectivity index (χ1n) is 18.6. The summed E-state index contributed by atoms with van der Waals surface area (Å²) < 4.78 is 25.7. The van der Waals surface area contributed by atoms with E-state index in [0.717, 1.165) is 57.8 Å². The highest BCUT2D eigenvalue weighted by atomic mass is 32.2. The van der Waals surface area contributed by atoms with E-state index in [1.165, 1.54) is 11.0 Å². The molecule has 0 spiro atoms. The maximum atomic E-state index is 14.5. The Morgan fingerprint density at radius 1 is 0.960 bits per heavy atom. The van der Waals surface area contributed by atoms with Crippen LogP contribution in [0.2, 0.25) is 0 Å². The normalized spacial score (nSPS) is 22.5. The van der Waals surface area contributed by atoms with Crippen molar-refractivity contribution in [3.63, 3.8) is 0 Å². The maximum Gasteiger partial charge on any atom is 0.315 e. The summed E-state index contributed by atoms with van der Waals surface area (Å²) in [5, 5.41) is 14.4. The molecule has 13 nitrogen and oxygen atoms in total. The second-order valence-corrected chi connectivity index (χ2v) is 18.2. The van der Waals surface area contributed by atoms with Gasteiger partial charge in [0.15, 0.2) is 9.84 Å². The molecule has 0 bridgehead atoms. The average molecular weight is 723 g/mol. The van der Waals surface area contributed by atoms with Crippen LogP contribution in [0.5, 0.6) is 0 Å². The molecule has 0 aromatic heterocycles. The third kappa shape index (κ3) is 10.8. The van der Waals surface area contributed by atoms with Crippen LogP contribution >= 0.6 is 0 Å². The smallest absolute Gasteiger partial charge is 0.315 e. The summed E-state index contributed by atoms with van der Waals surface area (Å²) in [6.07, 6.45) is 11.5. The fourth-order valence-electron chi connectivity index (χ4n) is 7.57. The zero-order valence-electron chi connectivity index (χ0n) is 30.9. The molecule has 0 radical (unpaired) electrons. The Hall–Kier alpha value is -3.00. The Morgan fingerprint density at radius 3 is 2.18 bits per heavy atom. The van der Waals surface area contributed by atoms with E-state index >= 15 is 0 Å². The Morgan fingerprint density at radius 2 is 1.60 bits per heavy atom. The molecule has 0 aromatic rings. The lowest BCUT2D eigenvalue weighted by atomic mass is 9.82. The van der Waals surface area contributed by atoms with E-state index < -0.39 is 67.9 Å². The molecule has 3 aliphatic rings. The van der Waals surface area contributed by atoms with Crippen molar-refractivity contribution in [3.8, 4) is 0 Å². The molecule has 2 saturated carbocycles. The number of hydrogen-bond donors (Lipinski definition) is 5. The molecule has 1 saturated heterocycles. The molecule has 5 amide bonds. The van der Waals surface area contributed by atoms with Crippen molar-refractivity contribution < 1.29 is 32.4 Å². The monoisotopic (exact) mass is 722 g/mol. The predicted octanol–water partition coefficient (Wildman–Crippen LogP) is 2.89. The number of carbonyl (C=O) groups excluding carboxylic acids is 5. The number of amides is 5. The molecule has 50 heavy (non-hydrogen) atoms. The molecule has 284 valence electrons. The van der Waals surface area contributed by atoms with Crippen LogP contribution in [0.15, 0.2) is 12.7 Å². The Labute approximate surface area is 299 Å². The van der Waals surface area contributed by atoms with E-state index in [0.29, 0.717) is 25.7 Å². The molecule has 1 aliphatic heterocycles. The van der Waals surface area contributed by atoms with Crippen molar-refractivity contribution in [1.82, 2.24) is 31.5 Å². The Balaban J connectivity index is 1.87. The first kappa shape index (κ1) is 41.4. The lowest BCUT2D eigenvalue weighted by Gasteiger charge is -2.40. The van der Waals surface area contributed by atoms with Crippen LogP contribution in [0.4, 0.5) is 4.79 Å². The van der Waals surface area contributed by atoms with Crippen molar-refractivity contribution in [1.29, 1.82) is 0 Å². The number of likely N-dealkylation sites (N-methyl/N-ethyl adjacent to an activating group) is 1. The summed E-state index contributed by atoms with van der Waals surface area (Å²) in [6, 6.07) is -3.96. The van der Waals surface area contributed by atoms with E-state index in [1.54, 1.807) is 27.8 Å². The second kappa shape index (κ2) is 18.5. The van der Waals surface area contributed by atoms with Crippen molar-refractivity contribution in [2.24, 2.45) is 5.92 Å². The quantitative estimate of drug-likeness (QED) is 0.119. The van der Waals surface area contributed by atoms with Gasteiger partial charge in [-0.15, -0.1) is 6.58 Å². The first-order valence-corrected chi connectivity index (χ1v) is 20.3. The number of Topliss-reactive ketones (excluding diaryl/α,β-unsaturated/α-hetero) is 1. The van der Waals surface area contributed by atoms with E-state index in [-0.39, 0.29) is 37.1 Å². The molecule has 3 rings (SSSR count). The predicted molar refractivity (Wildman–Crippen MR) is 194 cm³/mol. The highest BCUT2D eigenvalue weighted by Gasteiger charge is 2.47. The molecule has 2 aliphatic carbocycles. The van der Waals surface area contributed by atoms with Gasteiger partial charge in [-0.1, -0.05) is 64.4 Å². The Bertz CT molecular complexity index is 1320. The number of sulfone groups is 1. The van der Waals surface area contributed by atoms with Gasteiger partial charge in [0.1, 0.15) is 12.1 Å². The van der Waals surface area contributed by atoms with Crippen LogP contribution in [0, 0.1) is 5.92 Å². The molecular weight excluding hydrogens is 660 g/mol. The van der Waals surface area contributed by atoms with Crippen LogP contribution in [-0.4, -0.2) is 103 Å². The molecule has 5 N–H and O–H groups in total. The van der Waals surface area contributed by atoms with Crippen LogP contribution < -0.4 is 26.6 Å². The number of urea groups is 1. The van der Waals surface area contributed by atoms with Gasteiger partial charge in [-0.25, -0.2) is 13.2 Å². The number of likely N-dealkylation sites (tertiary alicyclic amines) is 1. The molecule has 3 fully saturated rings. The fraction of sp³-hybridized carbons (Fsp3) is 0.806. The van der Waals surface area contributed by atoms with Gasteiger partial charge >= 0.3 is 6.03 Å². The largest absolute Gasteiger partial charge is 0.346 e. The van der Waals surface area contributed by atoms with Gasteiger partial charge in [0.25, 0.3) is 5.91 Å². The number of rotatable bonds is 16. The maximum absolute atomic E-state index is 14.5. The SMILES string of the molecule is C=CCNC(=O)C(=O)C(CCCC)NC(=O)[C@@H]1C(NC)CCN1C(=O)[C@@H](NC(=O)NC1(CS(=O)(=O)C(C)(C)C)CCCCC1)C1CCCCC1. The minimum atomic E-state index is -3.56. The minimum absolute atomic E-state index is 0.113. The van der Waals surface area contributed by atoms with Crippen LogP contribution in [0.1, 0.15) is 118 Å². The highest BCUT2D eigenvalue weighted by molar-refractivity contribution is 7.92. The number of nitrogens with one attached hydrogen (secondary N) is 5. The minimum Gasteiger partial charge on any atom is -0.346 e. The number of ketones is 1. The Kier molecular flexibility index (Phi) is 15.3. The molecule has 14 heteroatoms. The number of carbonyl (C=O) groups is 5. The summed E-state index contributed by atoms with van der Waals surface area (Å²) in [6.45, 7) is 10.9. The van der Waals surface area contributed by atoms with E-state index in [4.69, 9.17) is 0 Å². The summed E-state index contributed by atoms with van der Waals surface area (Å²) in [5.41, 5.74) is -0.945. The van der Waals surface area contributed by atoms with Crippen molar-refractivity contribution in [2.45, 2.75) is 152 Å². The highest BCUT2D eigenvalue weighted by Crippen LogP contribution is 2.33. The first-order chi connectivity index (χ1) is 23.6. The van der Waals surface area contributed by atoms with Crippen molar-refractivity contribution in [2.75, 3.05) is 25.9 Å². The zero-order valence-corrected chi connectivity index (χ0v) is 31.7. The summed E-state index contributed by atoms with van der Waals surface area (Å²) in [4.78, 5) is 69.5. The van der Waals surface area contributed by atoms with Gasteiger partial charge in [0, 0.05) is 19.1 Å². The summed E-state index contributed by atoms with van der Waals surface area (Å²) in [7, 11) is -1.85. The topological polar surface area (TPSA) is 183 Å². The van der Waals surface area contributed by atoms with E-state index in [1.807, 2.05) is 6.92 Å². The van der Waals surface area contributed by atoms with Gasteiger partial charge in [0.05, 0.1) is 22.1 Å². The molecular formula is C36H62N6O7S. The molecule has 2 unspecified atom stereocenters. The number of hydrogen-bond acceptors (Lipinski definition) is 8. The standard InChI is InChI=1S/C36H62N6O7S/c1-7-9-18-27(30(43)32(45)38-22-8-2)39-31(44)29-26(37-6)19-23-42(29)33(46)28(25-16-12-10-13-17-25)40-34(47)41-36(20-14-11-15-21-36)24-50(48,49)35(3,4)5/h8,25-29,37H,2,7,9-24H2,1,3-6H3,(H,38,45)(H,39,44)(H2,40,41,47)/t26?,27?,28-,29-/m0/s1. The van der Waals surface area contributed by atoms with E-state index in [9.17, 15) is 32.4 Å². The summed E-state index contributed by atoms with van der Waals surface area (Å²) in [5.74, 6) is -2.83. The average Bonchev–Trinajstić information content (AvgIpc) is 3.51. The molecule has 1 heterocycles. The van der Waals surface area contributed by atoms with Crippen LogP contribution in [-0.2, 0) is 29.0 Å². The van der Waals surface area contributed by atoms with Gasteiger partial charge in [-0.3, -0.25) is 19.2 Å². The number of unbranched alkanes of at least 4 members (excludes halogenated alkanes) is 1. The lowest BCUT2D eigenvalue weighted by Crippen LogP contribution is -2.63. The number of nitrogens with zero attached hydrogens (tertiary/aromatic N) is 1. The van der Waals surface area contributed by atoms with Gasteiger partial charge in [-0.2, -0.15) is 0 Å². The fourth-order valence-corrected chi connectivity index (χ4v) is 9.09. The van der Waals surface area contributed by atoms with Gasteiger partial charge < -0.3 is 31.5 Å². The van der Waals surface area contributed by atoms with E-state index in [2.05, 4.69) is 33.2 Å². The third-order valence-electron chi connectivity index (χ3n) is 10.7. The second-order valence-electron chi connectivity index (χ2n) is 15.4. The van der Waals surface area contributed by atoms with Crippen LogP contribution in [0.3, 0.4) is 0 Å². The van der Waals surface area contributed by atoms with Gasteiger partial charge in [-0.05, 0) is 72.3 Å². The van der Waals surface area contributed by atoms with Crippen LogP contribution in [0.25, 0.3) is 0 Å². The van der Waals surface area contributed by atoms with Gasteiger partial charge in [0.2, 0.25) is 17.6 Å². The molecule has 4 atom stereocenters. The lowest BCUT2D eigenvalue weighted by molar-refractivity contribution is -0.143. The third-order valence-corrected chi connectivity index (χ3v) is 13.5. The zero-order chi connectivity index (χ0) is 37.1.